The van der Waals surface area contributed by atoms with E-state index in [2.05, 4.69) is 6.92 Å². The van der Waals surface area contributed by atoms with Crippen LogP contribution in [0.15, 0.2) is 0 Å². The number of rotatable bonds is 15. The van der Waals surface area contributed by atoms with E-state index in [-0.39, 0.29) is 5.97 Å². The molecule has 0 rings (SSSR count). The second-order valence-corrected chi connectivity index (χ2v) is 7.75. The lowest BCUT2D eigenvalue weighted by atomic mass is 10.0. The molecule has 132 valence electrons. The van der Waals surface area contributed by atoms with Crippen molar-refractivity contribution in [3.63, 3.8) is 0 Å². The van der Waals surface area contributed by atoms with Gasteiger partial charge in [0.15, 0.2) is 0 Å². The van der Waals surface area contributed by atoms with Gasteiger partial charge in [-0.15, -0.1) is 0 Å². The summed E-state index contributed by atoms with van der Waals surface area (Å²) in [6.07, 6.45) is 17.8. The van der Waals surface area contributed by atoms with Crippen molar-refractivity contribution in [3.8, 4) is 0 Å². The molecule has 0 aromatic carbocycles. The minimum atomic E-state index is -1.12. The lowest BCUT2D eigenvalue weighted by Crippen LogP contribution is -2.30. The van der Waals surface area contributed by atoms with Crippen molar-refractivity contribution in [1.82, 2.24) is 0 Å². The fourth-order valence-corrected chi connectivity index (χ4v) is 3.59. The number of carbonyl (C=O) groups is 1. The van der Waals surface area contributed by atoms with E-state index in [0.717, 1.165) is 12.8 Å². The van der Waals surface area contributed by atoms with Crippen LogP contribution >= 0.6 is 0 Å². The van der Waals surface area contributed by atoms with Crippen molar-refractivity contribution in [1.29, 1.82) is 0 Å². The third kappa shape index (κ3) is 12.3. The van der Waals surface area contributed by atoms with Gasteiger partial charge in [0.1, 0.15) is 0 Å². The molecule has 3 nitrogen and oxygen atoms in total. The van der Waals surface area contributed by atoms with Gasteiger partial charge < -0.3 is 9.29 Å². The number of methoxy groups -OCH3 is 1. The normalized spacial score (nSPS) is 13.8. The van der Waals surface area contributed by atoms with Crippen LogP contribution in [0.1, 0.15) is 90.4 Å². The Morgan fingerprint density at radius 2 is 1.32 bits per heavy atom. The maximum atomic E-state index is 11.5. The zero-order valence-electron chi connectivity index (χ0n) is 14.9. The number of esters is 1. The van der Waals surface area contributed by atoms with E-state index in [4.69, 9.17) is 4.74 Å². The average Bonchev–Trinajstić information content (AvgIpc) is 2.51. The van der Waals surface area contributed by atoms with Gasteiger partial charge in [-0.1, -0.05) is 77.6 Å². The van der Waals surface area contributed by atoms with Gasteiger partial charge in [0.2, 0.25) is 5.25 Å². The third-order valence-electron chi connectivity index (χ3n) is 4.18. The molecule has 0 aromatic rings. The first-order valence-corrected chi connectivity index (χ1v) is 10.7. The molecule has 0 saturated carbocycles. The highest BCUT2D eigenvalue weighted by molar-refractivity contribution is 7.92. The predicted molar refractivity (Wildman–Crippen MR) is 95.6 cm³/mol. The Balaban J connectivity index is 3.37. The van der Waals surface area contributed by atoms with Crippen LogP contribution in [0.4, 0.5) is 0 Å². The van der Waals surface area contributed by atoms with Crippen LogP contribution in [-0.4, -0.2) is 29.1 Å². The van der Waals surface area contributed by atoms with Gasteiger partial charge in [0, 0.05) is 6.42 Å². The summed E-state index contributed by atoms with van der Waals surface area (Å²) < 4.78 is 16.2. The molecule has 4 heteroatoms. The molecule has 0 aromatic heterocycles. The van der Waals surface area contributed by atoms with Crippen LogP contribution in [0.2, 0.25) is 0 Å². The predicted octanol–water partition coefficient (Wildman–Crippen LogP) is 5.00. The number of hydrogen-bond acceptors (Lipinski definition) is 3. The quantitative estimate of drug-likeness (QED) is 0.241. The Kier molecular flexibility index (Phi) is 15.5. The van der Waals surface area contributed by atoms with E-state index in [9.17, 15) is 9.35 Å². The molecule has 22 heavy (non-hydrogen) atoms. The highest BCUT2D eigenvalue weighted by Crippen LogP contribution is 2.15. The minimum Gasteiger partial charge on any atom is -0.616 e. The van der Waals surface area contributed by atoms with Crippen LogP contribution in [0.25, 0.3) is 0 Å². The molecule has 0 aliphatic rings. The van der Waals surface area contributed by atoms with Crippen molar-refractivity contribution >= 4 is 17.1 Å². The lowest BCUT2D eigenvalue weighted by Gasteiger charge is -2.15. The van der Waals surface area contributed by atoms with Gasteiger partial charge in [-0.05, 0) is 17.6 Å². The van der Waals surface area contributed by atoms with E-state index in [1.54, 1.807) is 6.26 Å². The van der Waals surface area contributed by atoms with Gasteiger partial charge in [-0.3, -0.25) is 0 Å². The zero-order valence-corrected chi connectivity index (χ0v) is 15.7. The topological polar surface area (TPSA) is 49.4 Å². The van der Waals surface area contributed by atoms with E-state index in [1.165, 1.54) is 71.3 Å². The average molecular weight is 333 g/mol. The number of ether oxygens (including phenoxy) is 1. The number of unbranched alkanes of at least 4 members (excludes halogenated alkanes) is 11. The molecular formula is C18H36O3S. The van der Waals surface area contributed by atoms with Crippen LogP contribution in [-0.2, 0) is 20.7 Å². The van der Waals surface area contributed by atoms with Crippen molar-refractivity contribution in [2.24, 2.45) is 0 Å². The second kappa shape index (κ2) is 15.7. The first kappa shape index (κ1) is 21.8. The molecule has 0 amide bonds. The molecule has 2 atom stereocenters. The molecule has 0 spiro atoms. The summed E-state index contributed by atoms with van der Waals surface area (Å²) in [6, 6.07) is 0. The Bertz CT molecular complexity index is 257. The molecular weight excluding hydrogens is 296 g/mol. The van der Waals surface area contributed by atoms with Gasteiger partial charge in [0.25, 0.3) is 0 Å². The van der Waals surface area contributed by atoms with Gasteiger partial charge in [-0.2, -0.15) is 0 Å². The maximum Gasteiger partial charge on any atom is 0.359 e. The van der Waals surface area contributed by atoms with Gasteiger partial charge in [0.05, 0.1) is 13.4 Å². The van der Waals surface area contributed by atoms with Crippen molar-refractivity contribution in [2.75, 3.05) is 13.4 Å². The largest absolute Gasteiger partial charge is 0.616 e. The highest BCUT2D eigenvalue weighted by atomic mass is 32.2. The maximum absolute atomic E-state index is 11.5. The Morgan fingerprint density at radius 3 is 1.68 bits per heavy atom. The van der Waals surface area contributed by atoms with Crippen molar-refractivity contribution in [2.45, 2.75) is 95.6 Å². The minimum absolute atomic E-state index is 0.330. The number of hydrogen-bond donors (Lipinski definition) is 0. The standard InChI is InChI=1S/C18H36O3S/c1-4-5-6-7-8-9-10-11-12-13-14-15-16-17(22(3)20)18(19)21-2/h17H,4-16H2,1-3H3. The fraction of sp³-hybridized carbons (Fsp3) is 0.944. The first-order chi connectivity index (χ1) is 10.6. The van der Waals surface area contributed by atoms with Gasteiger partial charge >= 0.3 is 5.97 Å². The summed E-state index contributed by atoms with van der Waals surface area (Å²) in [7, 11) is 1.37. The molecule has 0 heterocycles. The van der Waals surface area contributed by atoms with Crippen LogP contribution in [0, 0.1) is 0 Å². The summed E-state index contributed by atoms with van der Waals surface area (Å²) in [5.41, 5.74) is 0. The number of carbonyl (C=O) groups excluding carboxylic acids is 1. The van der Waals surface area contributed by atoms with Gasteiger partial charge in [-0.25, -0.2) is 4.79 Å². The molecule has 0 bridgehead atoms. The van der Waals surface area contributed by atoms with Crippen LogP contribution < -0.4 is 0 Å². The third-order valence-corrected chi connectivity index (χ3v) is 5.41. The summed E-state index contributed by atoms with van der Waals surface area (Å²) in [4.78, 5) is 11.5. The molecule has 2 unspecified atom stereocenters. The summed E-state index contributed by atoms with van der Waals surface area (Å²) in [5, 5.41) is -0.437. The zero-order chi connectivity index (χ0) is 16.6. The summed E-state index contributed by atoms with van der Waals surface area (Å²) >= 11 is -1.12. The Hall–Kier alpha value is -0.220. The summed E-state index contributed by atoms with van der Waals surface area (Å²) in [5.74, 6) is -0.330. The van der Waals surface area contributed by atoms with Crippen LogP contribution in [0.3, 0.4) is 0 Å². The molecule has 0 fully saturated rings. The van der Waals surface area contributed by atoms with E-state index < -0.39 is 16.4 Å². The SMILES string of the molecule is CCCCCCCCCCCCCCC(C(=O)OC)[S+](C)[O-]. The first-order valence-electron chi connectivity index (χ1n) is 9.03. The molecule has 0 N–H and O–H groups in total. The Labute approximate surface area is 140 Å². The lowest BCUT2D eigenvalue weighted by molar-refractivity contribution is -0.140. The molecule has 0 saturated heterocycles. The van der Waals surface area contributed by atoms with E-state index >= 15 is 0 Å². The van der Waals surface area contributed by atoms with Crippen molar-refractivity contribution < 1.29 is 14.1 Å². The van der Waals surface area contributed by atoms with Crippen LogP contribution in [0.5, 0.6) is 0 Å². The Morgan fingerprint density at radius 1 is 0.909 bits per heavy atom. The second-order valence-electron chi connectivity index (χ2n) is 6.19. The van der Waals surface area contributed by atoms with Crippen molar-refractivity contribution in [3.05, 3.63) is 0 Å². The smallest absolute Gasteiger partial charge is 0.359 e. The van der Waals surface area contributed by atoms with E-state index in [1.807, 2.05) is 0 Å². The molecule has 0 aliphatic heterocycles. The molecule has 0 aliphatic carbocycles. The fourth-order valence-electron chi connectivity index (χ4n) is 2.72. The van der Waals surface area contributed by atoms with E-state index in [0.29, 0.717) is 6.42 Å². The molecule has 0 radical (unpaired) electrons. The highest BCUT2D eigenvalue weighted by Gasteiger charge is 2.27. The summed E-state index contributed by atoms with van der Waals surface area (Å²) in [6.45, 7) is 2.26. The monoisotopic (exact) mass is 332 g/mol.